The molecule has 0 unspecified atom stereocenters. The van der Waals surface area contributed by atoms with Gasteiger partial charge < -0.3 is 0 Å². The van der Waals surface area contributed by atoms with Crippen molar-refractivity contribution in [2.75, 3.05) is 0 Å². The Kier molecular flexibility index (Phi) is 4.44. The monoisotopic (exact) mass is 355 g/mol. The molecule has 3 aromatic rings. The van der Waals surface area contributed by atoms with Crippen molar-refractivity contribution in [2.45, 2.75) is 4.90 Å². The van der Waals surface area contributed by atoms with Crippen LogP contribution < -0.4 is 4.83 Å². The van der Waals surface area contributed by atoms with Crippen LogP contribution in [-0.2, 0) is 10.0 Å². The number of non-ortho nitro benzene ring substituents is 1. The highest BCUT2D eigenvalue weighted by Gasteiger charge is 2.14. The van der Waals surface area contributed by atoms with Crippen LogP contribution in [0.4, 0.5) is 5.69 Å². The molecule has 7 nitrogen and oxygen atoms in total. The van der Waals surface area contributed by atoms with Gasteiger partial charge >= 0.3 is 0 Å². The van der Waals surface area contributed by atoms with Crippen LogP contribution in [0, 0.1) is 10.1 Å². The number of benzene rings is 3. The molecule has 1 N–H and O–H groups in total. The zero-order chi connectivity index (χ0) is 17.9. The minimum atomic E-state index is -3.90. The van der Waals surface area contributed by atoms with Gasteiger partial charge in [-0.25, -0.2) is 4.83 Å². The lowest BCUT2D eigenvalue weighted by atomic mass is 10.1. The van der Waals surface area contributed by atoms with E-state index in [1.165, 1.54) is 6.21 Å². The number of hydrogen-bond acceptors (Lipinski definition) is 5. The van der Waals surface area contributed by atoms with Crippen LogP contribution in [0.2, 0.25) is 0 Å². The predicted molar refractivity (Wildman–Crippen MR) is 95.0 cm³/mol. The minimum absolute atomic E-state index is 0.104. The molecule has 0 aliphatic heterocycles. The van der Waals surface area contributed by atoms with Gasteiger partial charge in [0.2, 0.25) is 0 Å². The molecule has 3 rings (SSSR count). The van der Waals surface area contributed by atoms with Gasteiger partial charge in [0.15, 0.2) is 0 Å². The van der Waals surface area contributed by atoms with Crippen LogP contribution in [0.5, 0.6) is 0 Å². The Bertz CT molecular complexity index is 1060. The molecular weight excluding hydrogens is 342 g/mol. The van der Waals surface area contributed by atoms with Crippen molar-refractivity contribution in [1.82, 2.24) is 4.83 Å². The van der Waals surface area contributed by atoms with E-state index in [0.29, 0.717) is 0 Å². The van der Waals surface area contributed by atoms with E-state index in [-0.39, 0.29) is 10.6 Å². The summed E-state index contributed by atoms with van der Waals surface area (Å²) in [6, 6.07) is 17.9. The Morgan fingerprint density at radius 1 is 0.960 bits per heavy atom. The highest BCUT2D eigenvalue weighted by atomic mass is 32.2. The zero-order valence-electron chi connectivity index (χ0n) is 12.9. The van der Waals surface area contributed by atoms with Crippen molar-refractivity contribution < 1.29 is 13.3 Å². The summed E-state index contributed by atoms with van der Waals surface area (Å²) in [6.07, 6.45) is 1.42. The third-order valence-corrected chi connectivity index (χ3v) is 4.80. The van der Waals surface area contributed by atoms with Crippen molar-refractivity contribution in [1.29, 1.82) is 0 Å². The number of nitrogens with zero attached hydrogens (tertiary/aromatic N) is 2. The summed E-state index contributed by atoms with van der Waals surface area (Å²) < 4.78 is 24.3. The van der Waals surface area contributed by atoms with Gasteiger partial charge in [0.25, 0.3) is 15.7 Å². The van der Waals surface area contributed by atoms with Gasteiger partial charge in [0.05, 0.1) is 16.0 Å². The molecule has 3 aromatic carbocycles. The predicted octanol–water partition coefficient (Wildman–Crippen LogP) is 3.06. The normalized spacial score (nSPS) is 11.7. The van der Waals surface area contributed by atoms with E-state index in [4.69, 9.17) is 0 Å². The number of hydrazone groups is 1. The van der Waals surface area contributed by atoms with Crippen LogP contribution >= 0.6 is 0 Å². The lowest BCUT2D eigenvalue weighted by molar-refractivity contribution is -0.384. The molecule has 0 spiro atoms. The number of hydrogen-bond donors (Lipinski definition) is 1. The summed E-state index contributed by atoms with van der Waals surface area (Å²) in [6.45, 7) is 0. The van der Waals surface area contributed by atoms with Crippen molar-refractivity contribution in [3.63, 3.8) is 0 Å². The summed E-state index contributed by atoms with van der Waals surface area (Å²) in [5.74, 6) is 0. The van der Waals surface area contributed by atoms with Gasteiger partial charge in [0.1, 0.15) is 0 Å². The maximum Gasteiger partial charge on any atom is 0.276 e. The van der Waals surface area contributed by atoms with Gasteiger partial charge in [0, 0.05) is 17.7 Å². The Morgan fingerprint density at radius 2 is 1.64 bits per heavy atom. The third-order valence-electron chi connectivity index (χ3n) is 3.56. The van der Waals surface area contributed by atoms with Gasteiger partial charge in [-0.2, -0.15) is 13.5 Å². The fourth-order valence-electron chi connectivity index (χ4n) is 2.33. The summed E-state index contributed by atoms with van der Waals surface area (Å²) >= 11 is 0. The van der Waals surface area contributed by atoms with Gasteiger partial charge in [-0.1, -0.05) is 42.5 Å². The Morgan fingerprint density at radius 3 is 2.36 bits per heavy atom. The zero-order valence-corrected chi connectivity index (χ0v) is 13.7. The molecule has 0 radical (unpaired) electrons. The topological polar surface area (TPSA) is 102 Å². The Labute approximate surface area is 143 Å². The van der Waals surface area contributed by atoms with E-state index in [9.17, 15) is 18.5 Å². The molecule has 0 aromatic heterocycles. The van der Waals surface area contributed by atoms with E-state index < -0.39 is 14.9 Å². The molecule has 8 heteroatoms. The Balaban J connectivity index is 1.81. The minimum Gasteiger partial charge on any atom is -0.258 e. The summed E-state index contributed by atoms with van der Waals surface area (Å²) in [7, 11) is -3.90. The van der Waals surface area contributed by atoms with E-state index in [1.807, 2.05) is 42.5 Å². The van der Waals surface area contributed by atoms with Crippen molar-refractivity contribution in [3.8, 4) is 0 Å². The lowest BCUT2D eigenvalue weighted by Crippen LogP contribution is -2.18. The van der Waals surface area contributed by atoms with Crippen LogP contribution in [-0.4, -0.2) is 19.6 Å². The number of fused-ring (bicyclic) bond motifs is 1. The third kappa shape index (κ3) is 3.64. The largest absolute Gasteiger partial charge is 0.276 e. The number of nitro benzene ring substituents is 1. The highest BCUT2D eigenvalue weighted by Crippen LogP contribution is 2.17. The number of nitrogens with one attached hydrogen (secondary N) is 1. The van der Waals surface area contributed by atoms with E-state index in [1.54, 1.807) is 0 Å². The maximum atomic E-state index is 12.2. The molecular formula is C17H13N3O4S. The second kappa shape index (κ2) is 6.70. The standard InChI is InChI=1S/C17H13N3O4S/c21-20(22)15-8-10-16(11-9-15)25(23,24)19-18-12-14-6-3-5-13-4-1-2-7-17(13)14/h1-12,19H/b18-12-. The second-order valence-corrected chi connectivity index (χ2v) is 6.83. The first-order valence-corrected chi connectivity index (χ1v) is 8.73. The first-order valence-electron chi connectivity index (χ1n) is 7.24. The summed E-state index contributed by atoms with van der Waals surface area (Å²) in [5, 5.41) is 16.4. The van der Waals surface area contributed by atoms with Gasteiger partial charge in [-0.15, -0.1) is 0 Å². The molecule has 0 atom stereocenters. The number of sulfonamides is 1. The number of rotatable bonds is 5. The first-order chi connectivity index (χ1) is 12.0. The van der Waals surface area contributed by atoms with Gasteiger partial charge in [-0.05, 0) is 22.9 Å². The van der Waals surface area contributed by atoms with Crippen molar-refractivity contribution in [2.24, 2.45) is 5.10 Å². The molecule has 0 amide bonds. The average molecular weight is 355 g/mol. The summed E-state index contributed by atoms with van der Waals surface area (Å²) in [4.78, 5) is 12.0. The Hall–Kier alpha value is -3.26. The molecule has 126 valence electrons. The molecule has 0 heterocycles. The quantitative estimate of drug-likeness (QED) is 0.432. The summed E-state index contributed by atoms with van der Waals surface area (Å²) in [5.41, 5.74) is 0.586. The van der Waals surface area contributed by atoms with E-state index >= 15 is 0 Å². The molecule has 0 bridgehead atoms. The lowest BCUT2D eigenvalue weighted by Gasteiger charge is -2.04. The van der Waals surface area contributed by atoms with Crippen LogP contribution in [0.25, 0.3) is 10.8 Å². The highest BCUT2D eigenvalue weighted by molar-refractivity contribution is 7.89. The molecule has 0 saturated carbocycles. The van der Waals surface area contributed by atoms with Crippen molar-refractivity contribution >= 4 is 32.7 Å². The molecule has 25 heavy (non-hydrogen) atoms. The maximum absolute atomic E-state index is 12.2. The number of nitro groups is 1. The molecule has 0 saturated heterocycles. The fraction of sp³-hybridized carbons (Fsp3) is 0. The SMILES string of the molecule is O=[N+]([O-])c1ccc(S(=O)(=O)N/N=C\c2cccc3ccccc23)cc1. The van der Waals surface area contributed by atoms with Crippen LogP contribution in [0.1, 0.15) is 5.56 Å². The van der Waals surface area contributed by atoms with E-state index in [0.717, 1.165) is 40.6 Å². The fourth-order valence-corrected chi connectivity index (χ4v) is 3.12. The van der Waals surface area contributed by atoms with Crippen LogP contribution in [0.3, 0.4) is 0 Å². The smallest absolute Gasteiger partial charge is 0.258 e. The van der Waals surface area contributed by atoms with E-state index in [2.05, 4.69) is 9.93 Å². The van der Waals surface area contributed by atoms with Crippen LogP contribution in [0.15, 0.2) is 76.7 Å². The molecule has 0 aliphatic carbocycles. The van der Waals surface area contributed by atoms with Crippen molar-refractivity contribution in [3.05, 3.63) is 82.4 Å². The molecule has 0 aliphatic rings. The average Bonchev–Trinajstić information content (AvgIpc) is 2.62. The second-order valence-electron chi connectivity index (χ2n) is 5.17. The molecule has 0 fully saturated rings. The van der Waals surface area contributed by atoms with Gasteiger partial charge in [-0.3, -0.25) is 10.1 Å². The first kappa shape index (κ1) is 16.6.